The van der Waals surface area contributed by atoms with Crippen LogP contribution in [0, 0.1) is 21.7 Å². The number of hydrogen-bond acceptors (Lipinski definition) is 2. The van der Waals surface area contributed by atoms with Gasteiger partial charge in [0.05, 0.1) is 4.92 Å². The van der Waals surface area contributed by atoms with Gasteiger partial charge in [-0.1, -0.05) is 23.7 Å². The Morgan fingerprint density at radius 2 is 1.83 bits per heavy atom. The second kappa shape index (κ2) is 4.70. The van der Waals surface area contributed by atoms with Crippen LogP contribution < -0.4 is 0 Å². The lowest BCUT2D eigenvalue weighted by Crippen LogP contribution is -1.92. The molecule has 0 saturated carbocycles. The normalized spacial score (nSPS) is 10.4. The first-order chi connectivity index (χ1) is 8.50. The van der Waals surface area contributed by atoms with Crippen LogP contribution in [0.4, 0.5) is 14.5 Å². The van der Waals surface area contributed by atoms with E-state index in [9.17, 15) is 18.9 Å². The molecule has 0 aromatic heterocycles. The van der Waals surface area contributed by atoms with Crippen LogP contribution in [0.2, 0.25) is 5.02 Å². The molecule has 0 unspecified atom stereocenters. The number of hydrogen-bond donors (Lipinski definition) is 0. The van der Waals surface area contributed by atoms with Crippen LogP contribution in [-0.2, 0) is 0 Å². The second-order valence-corrected chi connectivity index (χ2v) is 3.93. The third kappa shape index (κ3) is 2.17. The zero-order chi connectivity index (χ0) is 13.3. The number of rotatable bonds is 2. The van der Waals surface area contributed by atoms with E-state index < -0.39 is 16.6 Å². The van der Waals surface area contributed by atoms with E-state index in [1.807, 2.05) is 0 Å². The third-order valence-corrected chi connectivity index (χ3v) is 2.73. The van der Waals surface area contributed by atoms with Gasteiger partial charge in [-0.3, -0.25) is 10.1 Å². The summed E-state index contributed by atoms with van der Waals surface area (Å²) in [6.07, 6.45) is 0. The van der Waals surface area contributed by atoms with E-state index in [1.54, 1.807) is 0 Å². The lowest BCUT2D eigenvalue weighted by atomic mass is 10.0. The van der Waals surface area contributed by atoms with Crippen LogP contribution in [0.15, 0.2) is 36.4 Å². The molecule has 2 rings (SSSR count). The van der Waals surface area contributed by atoms with E-state index in [-0.39, 0.29) is 21.8 Å². The van der Waals surface area contributed by atoms with Crippen LogP contribution in [0.3, 0.4) is 0 Å². The van der Waals surface area contributed by atoms with Gasteiger partial charge in [0.2, 0.25) is 0 Å². The lowest BCUT2D eigenvalue weighted by Gasteiger charge is -2.06. The fourth-order valence-corrected chi connectivity index (χ4v) is 1.76. The van der Waals surface area contributed by atoms with Gasteiger partial charge in [0.15, 0.2) is 11.6 Å². The van der Waals surface area contributed by atoms with Gasteiger partial charge in [0, 0.05) is 28.3 Å². The summed E-state index contributed by atoms with van der Waals surface area (Å²) in [4.78, 5) is 10.0. The first-order valence-electron chi connectivity index (χ1n) is 4.89. The Morgan fingerprint density at radius 3 is 2.50 bits per heavy atom. The maximum absolute atomic E-state index is 13.6. The van der Waals surface area contributed by atoms with Crippen LogP contribution in [-0.4, -0.2) is 4.92 Å². The van der Waals surface area contributed by atoms with Crippen LogP contribution >= 0.6 is 11.6 Å². The van der Waals surface area contributed by atoms with Crippen molar-refractivity contribution in [3.63, 3.8) is 0 Å². The first kappa shape index (κ1) is 12.4. The van der Waals surface area contributed by atoms with Crippen molar-refractivity contribution < 1.29 is 13.7 Å². The van der Waals surface area contributed by atoms with E-state index in [0.29, 0.717) is 0 Å². The summed E-state index contributed by atoms with van der Waals surface area (Å²) in [7, 11) is 0. The van der Waals surface area contributed by atoms with Gasteiger partial charge in [0.25, 0.3) is 5.69 Å². The number of nitro benzene ring substituents is 1. The molecule has 0 N–H and O–H groups in total. The Kier molecular flexibility index (Phi) is 3.25. The van der Waals surface area contributed by atoms with E-state index in [4.69, 9.17) is 11.6 Å². The monoisotopic (exact) mass is 269 g/mol. The molecule has 0 bridgehead atoms. The van der Waals surface area contributed by atoms with Gasteiger partial charge in [0.1, 0.15) is 0 Å². The predicted octanol–water partition coefficient (Wildman–Crippen LogP) is 4.19. The fraction of sp³-hybridized carbons (Fsp3) is 0. The summed E-state index contributed by atoms with van der Waals surface area (Å²) in [5, 5.41) is 10.8. The molecule has 0 amide bonds. The number of halogens is 3. The lowest BCUT2D eigenvalue weighted by molar-refractivity contribution is -0.384. The van der Waals surface area contributed by atoms with Crippen molar-refractivity contribution in [2.24, 2.45) is 0 Å². The Morgan fingerprint density at radius 1 is 1.11 bits per heavy atom. The van der Waals surface area contributed by atoms with Crippen molar-refractivity contribution >= 4 is 17.3 Å². The fourth-order valence-electron chi connectivity index (χ4n) is 1.55. The summed E-state index contributed by atoms with van der Waals surface area (Å²) < 4.78 is 26.7. The highest BCUT2D eigenvalue weighted by atomic mass is 35.5. The summed E-state index contributed by atoms with van der Waals surface area (Å²) in [6.45, 7) is 0. The topological polar surface area (TPSA) is 43.1 Å². The second-order valence-electron chi connectivity index (χ2n) is 3.52. The van der Waals surface area contributed by atoms with Gasteiger partial charge in [-0.25, -0.2) is 8.78 Å². The number of non-ortho nitro benzene ring substituents is 1. The maximum atomic E-state index is 13.6. The van der Waals surface area contributed by atoms with Crippen molar-refractivity contribution in [3.05, 3.63) is 63.2 Å². The van der Waals surface area contributed by atoms with Crippen molar-refractivity contribution in [1.82, 2.24) is 0 Å². The van der Waals surface area contributed by atoms with Gasteiger partial charge < -0.3 is 0 Å². The molecule has 2 aromatic carbocycles. The Balaban J connectivity index is 2.66. The van der Waals surface area contributed by atoms with E-state index in [2.05, 4.69) is 0 Å². The molecule has 0 aliphatic heterocycles. The molecule has 18 heavy (non-hydrogen) atoms. The average Bonchev–Trinajstić information content (AvgIpc) is 2.33. The Bertz CT molecular complexity index is 631. The molecule has 92 valence electrons. The minimum atomic E-state index is -1.08. The smallest absolute Gasteiger partial charge is 0.258 e. The van der Waals surface area contributed by atoms with Crippen molar-refractivity contribution in [2.75, 3.05) is 0 Å². The minimum absolute atomic E-state index is 0.0860. The number of nitrogens with zero attached hydrogens (tertiary/aromatic N) is 1. The summed E-state index contributed by atoms with van der Waals surface area (Å²) >= 11 is 5.85. The molecule has 0 spiro atoms. The largest absolute Gasteiger partial charge is 0.270 e. The SMILES string of the molecule is O=[N+]([O-])c1ccc(Cl)c(-c2cccc(F)c2F)c1. The van der Waals surface area contributed by atoms with Crippen LogP contribution in [0.25, 0.3) is 11.1 Å². The molecular weight excluding hydrogens is 264 g/mol. The number of nitro groups is 1. The molecule has 2 aromatic rings. The van der Waals surface area contributed by atoms with Gasteiger partial charge >= 0.3 is 0 Å². The maximum Gasteiger partial charge on any atom is 0.270 e. The summed E-state index contributed by atoms with van der Waals surface area (Å²) in [6, 6.07) is 7.17. The highest BCUT2D eigenvalue weighted by Crippen LogP contribution is 2.33. The quantitative estimate of drug-likeness (QED) is 0.606. The molecular formula is C12H6ClF2NO2. The van der Waals surface area contributed by atoms with Gasteiger partial charge in [-0.15, -0.1) is 0 Å². The van der Waals surface area contributed by atoms with Gasteiger partial charge in [-0.05, 0) is 12.1 Å². The van der Waals surface area contributed by atoms with Crippen molar-refractivity contribution in [3.8, 4) is 11.1 Å². The molecule has 3 nitrogen and oxygen atoms in total. The number of benzene rings is 2. The third-order valence-electron chi connectivity index (χ3n) is 2.40. The zero-order valence-electron chi connectivity index (χ0n) is 8.86. The molecule has 0 saturated heterocycles. The van der Waals surface area contributed by atoms with Crippen molar-refractivity contribution in [2.45, 2.75) is 0 Å². The molecule has 0 atom stereocenters. The van der Waals surface area contributed by atoms with Crippen molar-refractivity contribution in [1.29, 1.82) is 0 Å². The standard InChI is InChI=1S/C12H6ClF2NO2/c13-10-5-4-7(16(17)18)6-9(10)8-2-1-3-11(14)12(8)15/h1-6H. The Hall–Kier alpha value is -2.01. The summed E-state index contributed by atoms with van der Waals surface area (Å²) in [5.74, 6) is -2.12. The van der Waals surface area contributed by atoms with Crippen LogP contribution in [0.5, 0.6) is 0 Å². The van der Waals surface area contributed by atoms with Crippen LogP contribution in [0.1, 0.15) is 0 Å². The Labute approximate surface area is 106 Å². The molecule has 0 radical (unpaired) electrons. The van der Waals surface area contributed by atoms with E-state index >= 15 is 0 Å². The van der Waals surface area contributed by atoms with E-state index in [0.717, 1.165) is 12.1 Å². The van der Waals surface area contributed by atoms with Gasteiger partial charge in [-0.2, -0.15) is 0 Å². The summed E-state index contributed by atoms with van der Waals surface area (Å²) in [5.41, 5.74) is -0.260. The predicted molar refractivity (Wildman–Crippen MR) is 63.5 cm³/mol. The molecule has 0 aliphatic rings. The molecule has 0 heterocycles. The minimum Gasteiger partial charge on any atom is -0.258 e. The zero-order valence-corrected chi connectivity index (χ0v) is 9.62. The highest BCUT2D eigenvalue weighted by molar-refractivity contribution is 6.33. The first-order valence-corrected chi connectivity index (χ1v) is 5.27. The molecule has 6 heteroatoms. The highest BCUT2D eigenvalue weighted by Gasteiger charge is 2.16. The molecule has 0 aliphatic carbocycles. The molecule has 0 fully saturated rings. The van der Waals surface area contributed by atoms with E-state index in [1.165, 1.54) is 24.3 Å². The average molecular weight is 270 g/mol.